The smallest absolute Gasteiger partial charge is 0.150 e. The van der Waals surface area contributed by atoms with E-state index in [1.54, 1.807) is 0 Å². The second-order valence-electron chi connectivity index (χ2n) is 4.94. The van der Waals surface area contributed by atoms with Crippen LogP contribution in [-0.2, 0) is 19.9 Å². The van der Waals surface area contributed by atoms with Crippen LogP contribution in [0.1, 0.15) is 21.7 Å². The van der Waals surface area contributed by atoms with Crippen LogP contribution in [0.3, 0.4) is 0 Å². The predicted octanol–water partition coefficient (Wildman–Crippen LogP) is 3.17. The number of hydrogen-bond donors (Lipinski definition) is 0. The lowest BCUT2D eigenvalue weighted by Gasteiger charge is -2.03. The Kier molecular flexibility index (Phi) is 3.33. The van der Waals surface area contributed by atoms with Crippen molar-refractivity contribution >= 4 is 17.3 Å². The highest BCUT2D eigenvalue weighted by molar-refractivity contribution is 5.76. The zero-order chi connectivity index (χ0) is 13.9. The molecule has 3 heteroatoms. The van der Waals surface area contributed by atoms with Gasteiger partial charge in [0, 0.05) is 19.0 Å². The summed E-state index contributed by atoms with van der Waals surface area (Å²) in [4.78, 5) is 15.3. The molecule has 1 aromatic heterocycles. The van der Waals surface area contributed by atoms with Crippen molar-refractivity contribution in [3.8, 4) is 0 Å². The second kappa shape index (κ2) is 5.29. The summed E-state index contributed by atoms with van der Waals surface area (Å²) in [6.45, 7) is 0. The van der Waals surface area contributed by atoms with Crippen molar-refractivity contribution in [2.45, 2.75) is 12.8 Å². The Labute approximate surface area is 117 Å². The predicted molar refractivity (Wildman–Crippen MR) is 80.0 cm³/mol. The molecule has 0 aliphatic heterocycles. The van der Waals surface area contributed by atoms with Gasteiger partial charge in [0.1, 0.15) is 12.1 Å². The standard InChI is InChI=1S/C17H16N2O/c1-19-16-5-3-2-4-15(16)18-17(19)11-10-13-6-8-14(12-20)9-7-13/h2-9,12H,10-11H2,1H3. The molecular weight excluding hydrogens is 248 g/mol. The van der Waals surface area contributed by atoms with Gasteiger partial charge < -0.3 is 4.57 Å². The van der Waals surface area contributed by atoms with Crippen LogP contribution in [0.4, 0.5) is 0 Å². The first-order chi connectivity index (χ1) is 9.78. The fraction of sp³-hybridized carbons (Fsp3) is 0.176. The number of aromatic nitrogens is 2. The number of para-hydroxylation sites is 2. The molecule has 0 bridgehead atoms. The molecule has 0 amide bonds. The van der Waals surface area contributed by atoms with Crippen molar-refractivity contribution in [3.63, 3.8) is 0 Å². The fourth-order valence-electron chi connectivity index (χ4n) is 2.44. The molecule has 0 radical (unpaired) electrons. The Bertz CT molecular complexity index is 741. The van der Waals surface area contributed by atoms with Crippen molar-refractivity contribution in [2.24, 2.45) is 7.05 Å². The molecule has 0 N–H and O–H groups in total. The molecule has 0 fully saturated rings. The third-order valence-electron chi connectivity index (χ3n) is 3.63. The maximum absolute atomic E-state index is 10.6. The molecule has 0 atom stereocenters. The van der Waals surface area contributed by atoms with E-state index in [-0.39, 0.29) is 0 Å². The Morgan fingerprint density at radius 3 is 2.50 bits per heavy atom. The minimum absolute atomic E-state index is 0.719. The Hall–Kier alpha value is -2.42. The third-order valence-corrected chi connectivity index (χ3v) is 3.63. The van der Waals surface area contributed by atoms with Crippen molar-refractivity contribution in [3.05, 3.63) is 65.5 Å². The van der Waals surface area contributed by atoms with Gasteiger partial charge in [-0.2, -0.15) is 0 Å². The minimum atomic E-state index is 0.719. The summed E-state index contributed by atoms with van der Waals surface area (Å²) in [5, 5.41) is 0. The SMILES string of the molecule is Cn1c(CCc2ccc(C=O)cc2)nc2ccccc21. The molecule has 0 unspecified atom stereocenters. The summed E-state index contributed by atoms with van der Waals surface area (Å²) >= 11 is 0. The van der Waals surface area contributed by atoms with Gasteiger partial charge in [-0.05, 0) is 24.1 Å². The van der Waals surface area contributed by atoms with Gasteiger partial charge in [0.2, 0.25) is 0 Å². The molecule has 3 nitrogen and oxygen atoms in total. The van der Waals surface area contributed by atoms with E-state index >= 15 is 0 Å². The number of hydrogen-bond acceptors (Lipinski definition) is 2. The Morgan fingerprint density at radius 1 is 1.05 bits per heavy atom. The van der Waals surface area contributed by atoms with Crippen LogP contribution >= 0.6 is 0 Å². The zero-order valence-corrected chi connectivity index (χ0v) is 11.4. The van der Waals surface area contributed by atoms with E-state index in [4.69, 9.17) is 0 Å². The number of carbonyl (C=O) groups excluding carboxylic acids is 1. The van der Waals surface area contributed by atoms with E-state index in [9.17, 15) is 4.79 Å². The van der Waals surface area contributed by atoms with Gasteiger partial charge in [0.15, 0.2) is 0 Å². The molecule has 2 aromatic carbocycles. The minimum Gasteiger partial charge on any atom is -0.331 e. The second-order valence-corrected chi connectivity index (χ2v) is 4.94. The summed E-state index contributed by atoms with van der Waals surface area (Å²) in [6.07, 6.45) is 2.69. The molecule has 0 spiro atoms. The number of rotatable bonds is 4. The van der Waals surface area contributed by atoms with Gasteiger partial charge in [0.25, 0.3) is 0 Å². The maximum Gasteiger partial charge on any atom is 0.150 e. The molecule has 0 aliphatic carbocycles. The lowest BCUT2D eigenvalue weighted by molar-refractivity contribution is 0.112. The van der Waals surface area contributed by atoms with Crippen molar-refractivity contribution in [2.75, 3.05) is 0 Å². The lowest BCUT2D eigenvalue weighted by Crippen LogP contribution is -2.00. The summed E-state index contributed by atoms with van der Waals surface area (Å²) in [6, 6.07) is 15.9. The monoisotopic (exact) mass is 264 g/mol. The Balaban J connectivity index is 1.79. The molecule has 20 heavy (non-hydrogen) atoms. The molecular formula is C17H16N2O. The van der Waals surface area contributed by atoms with Crippen LogP contribution in [-0.4, -0.2) is 15.8 Å². The highest BCUT2D eigenvalue weighted by Crippen LogP contribution is 2.16. The topological polar surface area (TPSA) is 34.9 Å². The van der Waals surface area contributed by atoms with Gasteiger partial charge in [-0.3, -0.25) is 4.79 Å². The number of aldehydes is 1. The number of fused-ring (bicyclic) bond motifs is 1. The Morgan fingerprint density at radius 2 is 1.80 bits per heavy atom. The van der Waals surface area contributed by atoms with E-state index in [2.05, 4.69) is 22.7 Å². The first-order valence-electron chi connectivity index (χ1n) is 6.72. The molecule has 0 saturated carbocycles. The van der Waals surface area contributed by atoms with E-state index in [1.165, 1.54) is 11.1 Å². The highest BCUT2D eigenvalue weighted by Gasteiger charge is 2.06. The quantitative estimate of drug-likeness (QED) is 0.678. The van der Waals surface area contributed by atoms with Crippen LogP contribution < -0.4 is 0 Å². The van der Waals surface area contributed by atoms with Gasteiger partial charge in [-0.15, -0.1) is 0 Å². The lowest BCUT2D eigenvalue weighted by atomic mass is 10.1. The number of nitrogens with zero attached hydrogens (tertiary/aromatic N) is 2. The molecule has 0 saturated heterocycles. The van der Waals surface area contributed by atoms with Gasteiger partial charge in [-0.1, -0.05) is 36.4 Å². The molecule has 100 valence electrons. The summed E-state index contributed by atoms with van der Waals surface area (Å²) < 4.78 is 2.15. The molecule has 0 aliphatic rings. The third kappa shape index (κ3) is 2.35. The van der Waals surface area contributed by atoms with Crippen LogP contribution in [0.15, 0.2) is 48.5 Å². The summed E-state index contributed by atoms with van der Waals surface area (Å²) in [7, 11) is 2.06. The summed E-state index contributed by atoms with van der Waals surface area (Å²) in [5.41, 5.74) is 4.15. The zero-order valence-electron chi connectivity index (χ0n) is 11.4. The first-order valence-corrected chi connectivity index (χ1v) is 6.72. The largest absolute Gasteiger partial charge is 0.331 e. The van der Waals surface area contributed by atoms with E-state index in [0.29, 0.717) is 0 Å². The fourth-order valence-corrected chi connectivity index (χ4v) is 2.44. The van der Waals surface area contributed by atoms with E-state index < -0.39 is 0 Å². The molecule has 1 heterocycles. The average Bonchev–Trinajstić information content (AvgIpc) is 2.83. The maximum atomic E-state index is 10.6. The number of carbonyl (C=O) groups is 1. The van der Waals surface area contributed by atoms with Gasteiger partial charge in [0.05, 0.1) is 11.0 Å². The van der Waals surface area contributed by atoms with Crippen molar-refractivity contribution in [1.82, 2.24) is 9.55 Å². The highest BCUT2D eigenvalue weighted by atomic mass is 16.1. The number of benzene rings is 2. The normalized spacial score (nSPS) is 10.8. The first kappa shape index (κ1) is 12.6. The van der Waals surface area contributed by atoms with Crippen molar-refractivity contribution < 1.29 is 4.79 Å². The molecule has 3 aromatic rings. The van der Waals surface area contributed by atoms with E-state index in [0.717, 1.165) is 36.0 Å². The number of imidazole rings is 1. The summed E-state index contributed by atoms with van der Waals surface area (Å²) in [5.74, 6) is 1.09. The van der Waals surface area contributed by atoms with Crippen molar-refractivity contribution in [1.29, 1.82) is 0 Å². The van der Waals surface area contributed by atoms with Crippen LogP contribution in [0.2, 0.25) is 0 Å². The number of aryl methyl sites for hydroxylation is 3. The van der Waals surface area contributed by atoms with Crippen LogP contribution in [0.5, 0.6) is 0 Å². The van der Waals surface area contributed by atoms with Gasteiger partial charge >= 0.3 is 0 Å². The average molecular weight is 264 g/mol. The van der Waals surface area contributed by atoms with Gasteiger partial charge in [-0.25, -0.2) is 4.98 Å². The van der Waals surface area contributed by atoms with Crippen LogP contribution in [0.25, 0.3) is 11.0 Å². The van der Waals surface area contributed by atoms with Crippen LogP contribution in [0, 0.1) is 0 Å². The van der Waals surface area contributed by atoms with E-state index in [1.807, 2.05) is 42.5 Å². The molecule has 3 rings (SSSR count).